The van der Waals surface area contributed by atoms with Gasteiger partial charge in [-0.3, -0.25) is 4.79 Å². The van der Waals surface area contributed by atoms with Crippen LogP contribution in [0.5, 0.6) is 0 Å². The smallest absolute Gasteiger partial charge is 0.270 e. The highest BCUT2D eigenvalue weighted by molar-refractivity contribution is 7.91. The molecule has 0 spiro atoms. The second kappa shape index (κ2) is 5.33. The Bertz CT molecular complexity index is 538. The number of nitrogens with one attached hydrogen (secondary N) is 1. The number of carbonyl (C=O) groups excluding carboxylic acids is 1. The monoisotopic (exact) mass is 289 g/mol. The van der Waals surface area contributed by atoms with Gasteiger partial charge in [-0.2, -0.15) is 0 Å². The highest BCUT2D eigenvalue weighted by Crippen LogP contribution is 2.17. The van der Waals surface area contributed by atoms with Gasteiger partial charge >= 0.3 is 0 Å². The van der Waals surface area contributed by atoms with E-state index in [1.54, 1.807) is 5.38 Å². The summed E-state index contributed by atoms with van der Waals surface area (Å²) in [6, 6.07) is 0. The predicted molar refractivity (Wildman–Crippen MR) is 69.1 cm³/mol. The van der Waals surface area contributed by atoms with Crippen LogP contribution in [0, 0.1) is 5.92 Å². The second-order valence-corrected chi connectivity index (χ2v) is 7.48. The summed E-state index contributed by atoms with van der Waals surface area (Å²) >= 11 is 1.34. The number of amides is 1. The maximum Gasteiger partial charge on any atom is 0.270 e. The summed E-state index contributed by atoms with van der Waals surface area (Å²) < 4.78 is 22.5. The first-order chi connectivity index (χ1) is 8.50. The molecule has 18 heavy (non-hydrogen) atoms. The fraction of sp³-hybridized carbons (Fsp3) is 0.600. The average Bonchev–Trinajstić information content (AvgIpc) is 2.92. The molecule has 1 fully saturated rings. The van der Waals surface area contributed by atoms with Gasteiger partial charge in [-0.25, -0.2) is 13.4 Å². The summed E-state index contributed by atoms with van der Waals surface area (Å²) in [6.45, 7) is 0.701. The Morgan fingerprint density at radius 1 is 1.61 bits per heavy atom. The first-order valence-corrected chi connectivity index (χ1v) is 8.33. The maximum atomic E-state index is 11.7. The lowest BCUT2D eigenvalue weighted by Gasteiger charge is -2.08. The van der Waals surface area contributed by atoms with Crippen LogP contribution < -0.4 is 11.1 Å². The highest BCUT2D eigenvalue weighted by atomic mass is 32.2. The molecule has 1 saturated heterocycles. The molecule has 1 aromatic rings. The third-order valence-electron chi connectivity index (χ3n) is 2.84. The molecule has 1 amide bonds. The van der Waals surface area contributed by atoms with Crippen LogP contribution in [0.2, 0.25) is 0 Å². The fourth-order valence-corrected chi connectivity index (χ4v) is 4.39. The molecule has 1 atom stereocenters. The molecule has 8 heteroatoms. The summed E-state index contributed by atoms with van der Waals surface area (Å²) in [5.74, 6) is 0.141. The number of hydrogen-bond acceptors (Lipinski definition) is 6. The van der Waals surface area contributed by atoms with E-state index in [-0.39, 0.29) is 23.3 Å². The molecule has 0 radical (unpaired) electrons. The molecule has 100 valence electrons. The quantitative estimate of drug-likeness (QED) is 0.797. The summed E-state index contributed by atoms with van der Waals surface area (Å²) in [4.78, 5) is 15.8. The Kier molecular flexibility index (Phi) is 3.98. The SMILES string of the molecule is NCc1nc(C(=O)NCC2CCS(=O)(=O)C2)cs1. The Morgan fingerprint density at radius 3 is 2.94 bits per heavy atom. The van der Waals surface area contributed by atoms with E-state index < -0.39 is 9.84 Å². The molecule has 2 heterocycles. The van der Waals surface area contributed by atoms with Crippen molar-refractivity contribution in [1.29, 1.82) is 0 Å². The summed E-state index contributed by atoms with van der Waals surface area (Å²) in [5, 5.41) is 5.08. The lowest BCUT2D eigenvalue weighted by molar-refractivity contribution is 0.0944. The van der Waals surface area contributed by atoms with Crippen molar-refractivity contribution in [3.8, 4) is 0 Å². The van der Waals surface area contributed by atoms with Crippen LogP contribution in [0.4, 0.5) is 0 Å². The van der Waals surface area contributed by atoms with Crippen molar-refractivity contribution >= 4 is 27.1 Å². The molecule has 2 rings (SSSR count). The van der Waals surface area contributed by atoms with Gasteiger partial charge in [0.25, 0.3) is 5.91 Å². The number of aromatic nitrogens is 1. The number of sulfone groups is 1. The Hall–Kier alpha value is -0.990. The van der Waals surface area contributed by atoms with E-state index in [1.165, 1.54) is 11.3 Å². The zero-order valence-corrected chi connectivity index (χ0v) is 11.4. The van der Waals surface area contributed by atoms with Crippen molar-refractivity contribution in [2.45, 2.75) is 13.0 Å². The molecular weight excluding hydrogens is 274 g/mol. The minimum absolute atomic E-state index is 0.0200. The van der Waals surface area contributed by atoms with Crippen LogP contribution in [0.15, 0.2) is 5.38 Å². The third-order valence-corrected chi connectivity index (χ3v) is 5.55. The fourth-order valence-electron chi connectivity index (χ4n) is 1.87. The summed E-state index contributed by atoms with van der Waals surface area (Å²) in [5.41, 5.74) is 5.76. The van der Waals surface area contributed by atoms with Gasteiger partial charge < -0.3 is 11.1 Å². The first-order valence-electron chi connectivity index (χ1n) is 5.63. The normalized spacial score (nSPS) is 21.9. The minimum atomic E-state index is -2.89. The van der Waals surface area contributed by atoms with Crippen molar-refractivity contribution in [3.05, 3.63) is 16.1 Å². The Morgan fingerprint density at radius 2 is 2.39 bits per heavy atom. The van der Waals surface area contributed by atoms with E-state index in [4.69, 9.17) is 5.73 Å². The van der Waals surface area contributed by atoms with Crippen LogP contribution in [-0.2, 0) is 16.4 Å². The van der Waals surface area contributed by atoms with Gasteiger partial charge in [-0.1, -0.05) is 0 Å². The summed E-state index contributed by atoms with van der Waals surface area (Å²) in [6.07, 6.45) is 0.619. The average molecular weight is 289 g/mol. The maximum absolute atomic E-state index is 11.7. The topological polar surface area (TPSA) is 102 Å². The largest absolute Gasteiger partial charge is 0.350 e. The number of nitrogens with zero attached hydrogens (tertiary/aromatic N) is 1. The Balaban J connectivity index is 1.85. The Labute approximate surface area is 110 Å². The van der Waals surface area contributed by atoms with Crippen molar-refractivity contribution in [3.63, 3.8) is 0 Å². The number of rotatable bonds is 4. The van der Waals surface area contributed by atoms with E-state index >= 15 is 0 Å². The third kappa shape index (κ3) is 3.27. The molecule has 0 aromatic carbocycles. The van der Waals surface area contributed by atoms with E-state index in [9.17, 15) is 13.2 Å². The van der Waals surface area contributed by atoms with Gasteiger partial charge in [0.05, 0.1) is 11.5 Å². The number of hydrogen-bond donors (Lipinski definition) is 2. The van der Waals surface area contributed by atoms with Crippen LogP contribution in [-0.4, -0.2) is 37.4 Å². The lowest BCUT2D eigenvalue weighted by atomic mass is 10.1. The van der Waals surface area contributed by atoms with Crippen molar-refractivity contribution in [1.82, 2.24) is 10.3 Å². The van der Waals surface area contributed by atoms with Gasteiger partial charge in [-0.05, 0) is 12.3 Å². The van der Waals surface area contributed by atoms with Crippen LogP contribution in [0.3, 0.4) is 0 Å². The lowest BCUT2D eigenvalue weighted by Crippen LogP contribution is -2.30. The van der Waals surface area contributed by atoms with E-state index in [2.05, 4.69) is 10.3 Å². The highest BCUT2D eigenvalue weighted by Gasteiger charge is 2.28. The zero-order valence-electron chi connectivity index (χ0n) is 9.76. The van der Waals surface area contributed by atoms with Gasteiger partial charge in [0.15, 0.2) is 9.84 Å². The molecule has 1 aliphatic rings. The predicted octanol–water partition coefficient (Wildman–Crippen LogP) is -0.234. The minimum Gasteiger partial charge on any atom is -0.350 e. The van der Waals surface area contributed by atoms with E-state index in [1.807, 2.05) is 0 Å². The zero-order chi connectivity index (χ0) is 13.2. The van der Waals surface area contributed by atoms with E-state index in [0.717, 1.165) is 0 Å². The van der Waals surface area contributed by atoms with Crippen LogP contribution in [0.25, 0.3) is 0 Å². The molecule has 0 aliphatic carbocycles. The number of carbonyl (C=O) groups is 1. The van der Waals surface area contributed by atoms with Crippen molar-refractivity contribution < 1.29 is 13.2 Å². The van der Waals surface area contributed by atoms with Crippen LogP contribution in [0.1, 0.15) is 21.9 Å². The van der Waals surface area contributed by atoms with E-state index in [0.29, 0.717) is 30.2 Å². The van der Waals surface area contributed by atoms with Gasteiger partial charge in [0.1, 0.15) is 10.7 Å². The standard InChI is InChI=1S/C10H15N3O3S2/c11-3-9-13-8(5-17-9)10(14)12-4-7-1-2-18(15,16)6-7/h5,7H,1-4,6,11H2,(H,12,14). The molecular formula is C10H15N3O3S2. The molecule has 6 nitrogen and oxygen atoms in total. The second-order valence-electron chi connectivity index (χ2n) is 4.31. The van der Waals surface area contributed by atoms with Gasteiger partial charge in [0, 0.05) is 18.5 Å². The van der Waals surface area contributed by atoms with Gasteiger partial charge in [0.2, 0.25) is 0 Å². The first kappa shape index (κ1) is 13.4. The van der Waals surface area contributed by atoms with Crippen molar-refractivity contribution in [2.75, 3.05) is 18.1 Å². The molecule has 1 unspecified atom stereocenters. The number of nitrogens with two attached hydrogens (primary N) is 1. The van der Waals surface area contributed by atoms with Crippen LogP contribution >= 0.6 is 11.3 Å². The van der Waals surface area contributed by atoms with Gasteiger partial charge in [-0.15, -0.1) is 11.3 Å². The molecule has 1 aromatic heterocycles. The molecule has 1 aliphatic heterocycles. The van der Waals surface area contributed by atoms with Crippen molar-refractivity contribution in [2.24, 2.45) is 11.7 Å². The molecule has 0 saturated carbocycles. The number of thiazole rings is 1. The molecule has 0 bridgehead atoms. The molecule has 3 N–H and O–H groups in total. The summed E-state index contributed by atoms with van der Waals surface area (Å²) in [7, 11) is -2.89.